The highest BCUT2D eigenvalue weighted by Crippen LogP contribution is 2.14. The van der Waals surface area contributed by atoms with Crippen molar-refractivity contribution < 1.29 is 13.9 Å². The summed E-state index contributed by atoms with van der Waals surface area (Å²) in [4.78, 5) is 10.6. The van der Waals surface area contributed by atoms with Crippen molar-refractivity contribution in [3.63, 3.8) is 0 Å². The average Bonchev–Trinajstić information content (AvgIpc) is 2.05. The van der Waals surface area contributed by atoms with Gasteiger partial charge in [-0.1, -0.05) is 6.07 Å². The number of carbonyl (C=O) groups excluding carboxylic acids is 1. The van der Waals surface area contributed by atoms with Crippen molar-refractivity contribution >= 4 is 16.8 Å². The Hall–Kier alpha value is -1.09. The lowest BCUT2D eigenvalue weighted by atomic mass is 10.2. The van der Waals surface area contributed by atoms with E-state index in [-0.39, 0.29) is 0 Å². The molecule has 0 saturated heterocycles. The number of hydrogen-bond acceptors (Lipinski definition) is 2. The minimum absolute atomic E-state index is 0.294. The summed E-state index contributed by atoms with van der Waals surface area (Å²) in [5.41, 5.74) is 0.294. The molecule has 0 unspecified atom stereocenters. The van der Waals surface area contributed by atoms with Gasteiger partial charge in [-0.15, -0.1) is 0 Å². The van der Waals surface area contributed by atoms with E-state index in [4.69, 9.17) is 11.6 Å². The summed E-state index contributed by atoms with van der Waals surface area (Å²) in [6.45, 7) is -0.917. The highest BCUT2D eigenvalue weighted by atomic mass is 35.5. The molecular weight excluding hydrogens is 183 g/mol. The Morgan fingerprint density at radius 3 is 2.92 bits per heavy atom. The van der Waals surface area contributed by atoms with Gasteiger partial charge in [0.1, 0.15) is 5.75 Å². The second-order valence-corrected chi connectivity index (χ2v) is 2.40. The molecule has 0 amide bonds. The molecule has 0 spiro atoms. The SMILES string of the molecule is O=C(Cl)c1cccc(OCF)c1. The number of halogens is 2. The fourth-order valence-electron chi connectivity index (χ4n) is 0.771. The monoisotopic (exact) mass is 188 g/mol. The molecule has 0 aliphatic carbocycles. The highest BCUT2D eigenvalue weighted by Gasteiger charge is 2.02. The van der Waals surface area contributed by atoms with Gasteiger partial charge in [-0.3, -0.25) is 4.79 Å². The van der Waals surface area contributed by atoms with E-state index in [1.807, 2.05) is 0 Å². The molecule has 0 aromatic heterocycles. The van der Waals surface area contributed by atoms with Crippen LogP contribution in [0.2, 0.25) is 0 Å². The van der Waals surface area contributed by atoms with Crippen LogP contribution >= 0.6 is 11.6 Å². The van der Waals surface area contributed by atoms with Gasteiger partial charge in [-0.25, -0.2) is 4.39 Å². The van der Waals surface area contributed by atoms with Crippen LogP contribution in [0, 0.1) is 0 Å². The van der Waals surface area contributed by atoms with Crippen LogP contribution in [0.4, 0.5) is 4.39 Å². The fourth-order valence-corrected chi connectivity index (χ4v) is 0.889. The summed E-state index contributed by atoms with van der Waals surface area (Å²) in [6, 6.07) is 6.03. The van der Waals surface area contributed by atoms with Crippen LogP contribution in [0.15, 0.2) is 24.3 Å². The molecule has 0 N–H and O–H groups in total. The van der Waals surface area contributed by atoms with E-state index in [9.17, 15) is 9.18 Å². The molecule has 0 aliphatic heterocycles. The number of rotatable bonds is 3. The van der Waals surface area contributed by atoms with Crippen molar-refractivity contribution in [3.8, 4) is 5.75 Å². The second-order valence-electron chi connectivity index (χ2n) is 2.05. The molecule has 0 fully saturated rings. The Balaban J connectivity index is 2.88. The number of benzene rings is 1. The minimum atomic E-state index is -0.917. The van der Waals surface area contributed by atoms with Crippen LogP contribution in [0.1, 0.15) is 10.4 Å². The van der Waals surface area contributed by atoms with E-state index in [0.29, 0.717) is 11.3 Å². The van der Waals surface area contributed by atoms with E-state index in [0.717, 1.165) is 0 Å². The minimum Gasteiger partial charge on any atom is -0.463 e. The molecule has 0 atom stereocenters. The third-order valence-electron chi connectivity index (χ3n) is 1.28. The van der Waals surface area contributed by atoms with Gasteiger partial charge in [0.05, 0.1) is 0 Å². The van der Waals surface area contributed by atoms with Crippen molar-refractivity contribution in [2.75, 3.05) is 6.86 Å². The number of hydrogen-bond donors (Lipinski definition) is 0. The van der Waals surface area contributed by atoms with Crippen LogP contribution in [-0.2, 0) is 0 Å². The largest absolute Gasteiger partial charge is 0.463 e. The molecule has 1 aromatic carbocycles. The lowest BCUT2D eigenvalue weighted by Crippen LogP contribution is -1.93. The first kappa shape index (κ1) is 9.00. The maximum Gasteiger partial charge on any atom is 0.252 e. The molecule has 64 valence electrons. The van der Waals surface area contributed by atoms with E-state index >= 15 is 0 Å². The summed E-state index contributed by atoms with van der Waals surface area (Å²) in [5, 5.41) is -0.584. The summed E-state index contributed by atoms with van der Waals surface area (Å²) in [6.07, 6.45) is 0. The van der Waals surface area contributed by atoms with E-state index < -0.39 is 12.1 Å². The molecule has 1 rings (SSSR count). The standard InChI is InChI=1S/C8H6ClFO2/c9-8(11)6-2-1-3-7(4-6)12-5-10/h1-4H,5H2. The lowest BCUT2D eigenvalue weighted by Gasteiger charge is -2.00. The van der Waals surface area contributed by atoms with Crippen molar-refractivity contribution in [2.45, 2.75) is 0 Å². The smallest absolute Gasteiger partial charge is 0.252 e. The first-order valence-electron chi connectivity index (χ1n) is 3.22. The van der Waals surface area contributed by atoms with Crippen molar-refractivity contribution in [1.82, 2.24) is 0 Å². The van der Waals surface area contributed by atoms with Crippen LogP contribution < -0.4 is 4.74 Å². The molecule has 0 heterocycles. The Kier molecular flexibility index (Phi) is 3.05. The predicted octanol–water partition coefficient (Wildman–Crippen LogP) is 2.37. The maximum absolute atomic E-state index is 11.7. The predicted molar refractivity (Wildman–Crippen MR) is 43.2 cm³/mol. The van der Waals surface area contributed by atoms with Crippen LogP contribution in [-0.4, -0.2) is 12.1 Å². The molecule has 0 radical (unpaired) electrons. The van der Waals surface area contributed by atoms with Crippen LogP contribution in [0.3, 0.4) is 0 Å². The van der Waals surface area contributed by atoms with Crippen molar-refractivity contribution in [2.24, 2.45) is 0 Å². The number of ether oxygens (including phenoxy) is 1. The molecule has 0 bridgehead atoms. The normalized spacial score (nSPS) is 9.50. The van der Waals surface area contributed by atoms with E-state index in [1.165, 1.54) is 12.1 Å². The van der Waals surface area contributed by atoms with Gasteiger partial charge < -0.3 is 4.74 Å². The van der Waals surface area contributed by atoms with Crippen molar-refractivity contribution in [3.05, 3.63) is 29.8 Å². The first-order valence-corrected chi connectivity index (χ1v) is 3.60. The van der Waals surface area contributed by atoms with E-state index in [1.54, 1.807) is 12.1 Å². The van der Waals surface area contributed by atoms with Crippen LogP contribution in [0.25, 0.3) is 0 Å². The topological polar surface area (TPSA) is 26.3 Å². The average molecular weight is 189 g/mol. The Morgan fingerprint density at radius 2 is 2.33 bits per heavy atom. The molecule has 1 aromatic rings. The second kappa shape index (κ2) is 4.07. The van der Waals surface area contributed by atoms with E-state index in [2.05, 4.69) is 4.74 Å². The molecule has 2 nitrogen and oxygen atoms in total. The zero-order valence-corrected chi connectivity index (χ0v) is 6.84. The van der Waals surface area contributed by atoms with Gasteiger partial charge in [0.2, 0.25) is 6.86 Å². The Labute approximate surface area is 73.9 Å². The van der Waals surface area contributed by atoms with Gasteiger partial charge in [-0.2, -0.15) is 0 Å². The van der Waals surface area contributed by atoms with Gasteiger partial charge in [0, 0.05) is 5.56 Å². The molecule has 0 aliphatic rings. The van der Waals surface area contributed by atoms with Crippen molar-refractivity contribution in [1.29, 1.82) is 0 Å². The van der Waals surface area contributed by atoms with Crippen LogP contribution in [0.5, 0.6) is 5.75 Å². The third-order valence-corrected chi connectivity index (χ3v) is 1.50. The summed E-state index contributed by atoms with van der Waals surface area (Å²) in [5.74, 6) is 0.295. The van der Waals surface area contributed by atoms with Gasteiger partial charge in [-0.05, 0) is 29.8 Å². The zero-order valence-electron chi connectivity index (χ0n) is 6.09. The number of carbonyl (C=O) groups is 1. The maximum atomic E-state index is 11.7. The quantitative estimate of drug-likeness (QED) is 0.681. The molecule has 12 heavy (non-hydrogen) atoms. The first-order chi connectivity index (χ1) is 5.74. The van der Waals surface area contributed by atoms with Gasteiger partial charge in [0.15, 0.2) is 0 Å². The lowest BCUT2D eigenvalue weighted by molar-refractivity contribution is 0.108. The Bertz CT molecular complexity index is 288. The van der Waals surface area contributed by atoms with Gasteiger partial charge in [0.25, 0.3) is 5.24 Å². The number of alkyl halides is 1. The Morgan fingerprint density at radius 1 is 1.58 bits per heavy atom. The summed E-state index contributed by atoms with van der Waals surface area (Å²) < 4.78 is 16.2. The zero-order chi connectivity index (χ0) is 8.97. The molecule has 0 saturated carbocycles. The van der Waals surface area contributed by atoms with Gasteiger partial charge >= 0.3 is 0 Å². The molecule has 4 heteroatoms. The molecular formula is C8H6ClFO2. The fraction of sp³-hybridized carbons (Fsp3) is 0.125. The highest BCUT2D eigenvalue weighted by molar-refractivity contribution is 6.67. The third kappa shape index (κ3) is 2.20. The summed E-state index contributed by atoms with van der Waals surface area (Å²) in [7, 11) is 0. The summed E-state index contributed by atoms with van der Waals surface area (Å²) >= 11 is 5.19.